The first-order valence-electron chi connectivity index (χ1n) is 6.54. The van der Waals surface area contributed by atoms with Crippen LogP contribution >= 0.6 is 15.9 Å². The zero-order valence-electron chi connectivity index (χ0n) is 12.0. The third-order valence-corrected chi connectivity index (χ3v) is 5.31. The van der Waals surface area contributed by atoms with Crippen molar-refractivity contribution < 1.29 is 13.2 Å². The van der Waals surface area contributed by atoms with E-state index >= 15 is 0 Å². The van der Waals surface area contributed by atoms with Gasteiger partial charge in [-0.05, 0) is 47.0 Å². The Morgan fingerprint density at radius 1 is 1.33 bits per heavy atom. The molecule has 0 radical (unpaired) electrons. The second-order valence-electron chi connectivity index (χ2n) is 4.83. The van der Waals surface area contributed by atoms with Crippen molar-refractivity contribution in [2.24, 2.45) is 16.3 Å². The van der Waals surface area contributed by atoms with Gasteiger partial charge in [0.2, 0.25) is 15.9 Å². The number of hydrogen-bond acceptors (Lipinski definition) is 4. The molecule has 0 aliphatic carbocycles. The minimum atomic E-state index is -3.78. The lowest BCUT2D eigenvalue weighted by Gasteiger charge is -2.28. The Morgan fingerprint density at radius 3 is 2.29 bits per heavy atom. The fraction of sp³-hybridized carbons (Fsp3) is 0.462. The number of nitrogens with one attached hydrogen (secondary N) is 1. The van der Waals surface area contributed by atoms with Crippen LogP contribution in [0, 0.1) is 5.41 Å². The van der Waals surface area contributed by atoms with Gasteiger partial charge >= 0.3 is 0 Å². The smallest absolute Gasteiger partial charge is 0.238 e. The number of nitrogens with two attached hydrogens (primary N) is 2. The van der Waals surface area contributed by atoms with Crippen molar-refractivity contribution in [1.29, 1.82) is 0 Å². The molecule has 1 aromatic rings. The summed E-state index contributed by atoms with van der Waals surface area (Å²) in [5, 5.41) is 7.84. The van der Waals surface area contributed by atoms with Crippen LogP contribution in [-0.2, 0) is 14.8 Å². The van der Waals surface area contributed by atoms with E-state index in [2.05, 4.69) is 21.2 Å². The van der Waals surface area contributed by atoms with E-state index in [1.54, 1.807) is 0 Å². The van der Waals surface area contributed by atoms with Crippen LogP contribution in [0.4, 0.5) is 5.69 Å². The van der Waals surface area contributed by atoms with Crippen molar-refractivity contribution >= 4 is 37.5 Å². The third-order valence-electron chi connectivity index (χ3n) is 3.74. The van der Waals surface area contributed by atoms with Gasteiger partial charge in [-0.2, -0.15) is 0 Å². The summed E-state index contributed by atoms with van der Waals surface area (Å²) < 4.78 is 23.0. The lowest BCUT2D eigenvalue weighted by Crippen LogP contribution is -2.41. The van der Waals surface area contributed by atoms with Gasteiger partial charge in [-0.25, -0.2) is 13.6 Å². The van der Waals surface area contributed by atoms with Gasteiger partial charge in [0, 0.05) is 11.0 Å². The minimum Gasteiger partial charge on any atom is -0.329 e. The molecule has 0 heterocycles. The molecular formula is C13H20BrN3O3S. The quantitative estimate of drug-likeness (QED) is 0.700. The van der Waals surface area contributed by atoms with E-state index in [-0.39, 0.29) is 17.3 Å². The molecule has 0 spiro atoms. The summed E-state index contributed by atoms with van der Waals surface area (Å²) in [6.07, 6.45) is 1.25. The van der Waals surface area contributed by atoms with Crippen molar-refractivity contribution in [2.75, 3.05) is 11.9 Å². The molecule has 0 aliphatic rings. The molecule has 0 atom stereocenters. The normalized spacial score (nSPS) is 12.2. The SMILES string of the molecule is CCC(CC)(CN)C(=O)Nc1ccc(S(N)(=O)=O)cc1Br. The molecule has 0 unspecified atom stereocenters. The predicted octanol–water partition coefficient (Wildman–Crippen LogP) is 1.80. The zero-order chi connectivity index (χ0) is 16.3. The summed E-state index contributed by atoms with van der Waals surface area (Å²) >= 11 is 3.23. The number of halogens is 1. The van der Waals surface area contributed by atoms with E-state index in [0.29, 0.717) is 23.0 Å². The molecule has 1 rings (SSSR count). The van der Waals surface area contributed by atoms with E-state index in [4.69, 9.17) is 10.9 Å². The first kappa shape index (κ1) is 18.1. The van der Waals surface area contributed by atoms with Crippen molar-refractivity contribution in [2.45, 2.75) is 31.6 Å². The summed E-state index contributed by atoms with van der Waals surface area (Å²) in [5.41, 5.74) is 5.59. The Bertz CT molecular complexity index is 619. The van der Waals surface area contributed by atoms with E-state index in [9.17, 15) is 13.2 Å². The highest BCUT2D eigenvalue weighted by molar-refractivity contribution is 9.10. The van der Waals surface area contributed by atoms with Gasteiger partial charge in [-0.3, -0.25) is 4.79 Å². The number of anilines is 1. The molecule has 5 N–H and O–H groups in total. The van der Waals surface area contributed by atoms with Crippen LogP contribution in [0.2, 0.25) is 0 Å². The molecule has 0 aliphatic heterocycles. The predicted molar refractivity (Wildman–Crippen MR) is 86.2 cm³/mol. The van der Waals surface area contributed by atoms with Gasteiger partial charge in [0.1, 0.15) is 0 Å². The Morgan fingerprint density at radius 2 is 1.90 bits per heavy atom. The van der Waals surface area contributed by atoms with Gasteiger partial charge in [0.05, 0.1) is 16.0 Å². The topological polar surface area (TPSA) is 115 Å². The van der Waals surface area contributed by atoms with Gasteiger partial charge in [-0.15, -0.1) is 0 Å². The van der Waals surface area contributed by atoms with Crippen molar-refractivity contribution in [3.05, 3.63) is 22.7 Å². The minimum absolute atomic E-state index is 0.0246. The first-order valence-corrected chi connectivity index (χ1v) is 8.88. The summed E-state index contributed by atoms with van der Waals surface area (Å²) in [5.74, 6) is -0.181. The number of carbonyl (C=O) groups is 1. The van der Waals surface area contributed by atoms with Crippen LogP contribution in [0.25, 0.3) is 0 Å². The van der Waals surface area contributed by atoms with Gasteiger partial charge in [-0.1, -0.05) is 13.8 Å². The third kappa shape index (κ3) is 4.03. The highest BCUT2D eigenvalue weighted by Crippen LogP contribution is 2.30. The number of rotatable bonds is 6. The summed E-state index contributed by atoms with van der Waals surface area (Å²) in [6, 6.07) is 4.19. The van der Waals surface area contributed by atoms with Crippen molar-refractivity contribution in [1.82, 2.24) is 0 Å². The molecule has 0 bridgehead atoms. The van der Waals surface area contributed by atoms with Crippen molar-refractivity contribution in [3.8, 4) is 0 Å². The number of benzene rings is 1. The largest absolute Gasteiger partial charge is 0.329 e. The number of primary sulfonamides is 1. The van der Waals surface area contributed by atoms with E-state index < -0.39 is 15.4 Å². The van der Waals surface area contributed by atoms with Crippen molar-refractivity contribution in [3.63, 3.8) is 0 Å². The molecule has 0 saturated heterocycles. The van der Waals surface area contributed by atoms with Crippen LogP contribution in [0.1, 0.15) is 26.7 Å². The number of carbonyl (C=O) groups excluding carboxylic acids is 1. The number of amides is 1. The van der Waals surface area contributed by atoms with E-state index in [1.807, 2.05) is 13.8 Å². The molecule has 6 nitrogen and oxygen atoms in total. The first-order chi connectivity index (χ1) is 9.70. The second-order valence-corrected chi connectivity index (χ2v) is 7.25. The van der Waals surface area contributed by atoms with Crippen LogP contribution in [-0.4, -0.2) is 20.9 Å². The van der Waals surface area contributed by atoms with Crippen LogP contribution in [0.15, 0.2) is 27.6 Å². The molecule has 1 amide bonds. The molecule has 0 aromatic heterocycles. The molecular weight excluding hydrogens is 358 g/mol. The fourth-order valence-corrected chi connectivity index (χ4v) is 3.15. The molecule has 21 heavy (non-hydrogen) atoms. The Labute approximate surface area is 133 Å². The van der Waals surface area contributed by atoms with E-state index in [1.165, 1.54) is 18.2 Å². The van der Waals surface area contributed by atoms with Gasteiger partial charge in [0.25, 0.3) is 0 Å². The molecule has 118 valence electrons. The average Bonchev–Trinajstić information content (AvgIpc) is 2.42. The number of hydrogen-bond donors (Lipinski definition) is 3. The summed E-state index contributed by atoms with van der Waals surface area (Å²) in [4.78, 5) is 12.4. The van der Waals surface area contributed by atoms with Gasteiger partial charge in [0.15, 0.2) is 0 Å². The zero-order valence-corrected chi connectivity index (χ0v) is 14.4. The highest BCUT2D eigenvalue weighted by Gasteiger charge is 2.33. The molecule has 0 saturated carbocycles. The maximum Gasteiger partial charge on any atom is 0.238 e. The Hall–Kier alpha value is -0.960. The second kappa shape index (κ2) is 6.87. The Kier molecular flexibility index (Phi) is 5.92. The molecule has 0 fully saturated rings. The molecule has 8 heteroatoms. The lowest BCUT2D eigenvalue weighted by molar-refractivity contribution is -0.125. The summed E-state index contributed by atoms with van der Waals surface area (Å²) in [7, 11) is -3.78. The fourth-order valence-electron chi connectivity index (χ4n) is 1.98. The van der Waals surface area contributed by atoms with Crippen LogP contribution in [0.3, 0.4) is 0 Å². The molecule has 1 aromatic carbocycles. The maximum absolute atomic E-state index is 12.4. The summed E-state index contributed by atoms with van der Waals surface area (Å²) in [6.45, 7) is 4.07. The number of sulfonamides is 1. The van der Waals surface area contributed by atoms with E-state index in [0.717, 1.165) is 0 Å². The monoisotopic (exact) mass is 377 g/mol. The average molecular weight is 378 g/mol. The standard InChI is InChI=1S/C13H20BrN3O3S/c1-3-13(4-2,8-15)12(18)17-11-6-5-9(7-10(11)14)21(16,19)20/h5-7H,3-4,8,15H2,1-2H3,(H,17,18)(H2,16,19,20). The van der Waals surface area contributed by atoms with Gasteiger partial charge < -0.3 is 11.1 Å². The van der Waals surface area contributed by atoms with Crippen LogP contribution < -0.4 is 16.2 Å². The highest BCUT2D eigenvalue weighted by atomic mass is 79.9. The lowest BCUT2D eigenvalue weighted by atomic mass is 9.81. The Balaban J connectivity index is 3.07. The van der Waals surface area contributed by atoms with Crippen LogP contribution in [0.5, 0.6) is 0 Å². The maximum atomic E-state index is 12.4.